The van der Waals surface area contributed by atoms with E-state index in [1.54, 1.807) is 24.3 Å². The largest absolute Gasteiger partial charge is 0.465 e. The summed E-state index contributed by atoms with van der Waals surface area (Å²) in [4.78, 5) is 20.0. The molecule has 0 atom stereocenters. The first kappa shape index (κ1) is 14.0. The Morgan fingerprint density at radius 3 is 2.73 bits per heavy atom. The molecule has 110 valence electrons. The molecule has 0 spiro atoms. The Kier molecular flexibility index (Phi) is 3.70. The summed E-state index contributed by atoms with van der Waals surface area (Å²) in [6, 6.07) is 12.6. The third-order valence-electron chi connectivity index (χ3n) is 3.30. The highest BCUT2D eigenvalue weighted by molar-refractivity contribution is 5.90. The predicted molar refractivity (Wildman–Crippen MR) is 82.1 cm³/mol. The van der Waals surface area contributed by atoms with Gasteiger partial charge in [-0.25, -0.2) is 14.8 Å². The Hall–Kier alpha value is -2.95. The van der Waals surface area contributed by atoms with Gasteiger partial charge in [0.25, 0.3) is 0 Å². The molecule has 1 heterocycles. The zero-order chi connectivity index (χ0) is 15.5. The molecule has 0 amide bonds. The van der Waals surface area contributed by atoms with Gasteiger partial charge in [0.15, 0.2) is 0 Å². The fourth-order valence-electron chi connectivity index (χ4n) is 2.21. The van der Waals surface area contributed by atoms with Crippen LogP contribution in [0.3, 0.4) is 0 Å². The second-order valence-corrected chi connectivity index (χ2v) is 4.77. The standard InChI is InChI=1S/C17H14N2O3/c1-11-5-3-8-14-15(11)18-10-19-16(14)22-13-7-4-6-12(9-13)17(20)21-2/h3-10H,1-2H3. The lowest BCUT2D eigenvalue weighted by atomic mass is 10.1. The van der Waals surface area contributed by atoms with E-state index in [0.29, 0.717) is 17.2 Å². The maximum atomic E-state index is 11.6. The van der Waals surface area contributed by atoms with Crippen molar-refractivity contribution in [3.63, 3.8) is 0 Å². The number of benzene rings is 2. The fourth-order valence-corrected chi connectivity index (χ4v) is 2.21. The zero-order valence-electron chi connectivity index (χ0n) is 12.2. The Bertz CT molecular complexity index is 846. The quantitative estimate of drug-likeness (QED) is 0.692. The summed E-state index contributed by atoms with van der Waals surface area (Å²) in [5.74, 6) is 0.564. The minimum absolute atomic E-state index is 0.408. The minimum Gasteiger partial charge on any atom is -0.465 e. The van der Waals surface area contributed by atoms with Crippen LogP contribution in [0, 0.1) is 6.92 Å². The van der Waals surface area contributed by atoms with Gasteiger partial charge in [-0.05, 0) is 36.8 Å². The van der Waals surface area contributed by atoms with Crippen molar-refractivity contribution in [1.82, 2.24) is 9.97 Å². The Morgan fingerprint density at radius 1 is 1.09 bits per heavy atom. The van der Waals surface area contributed by atoms with Crippen molar-refractivity contribution in [3.05, 3.63) is 59.9 Å². The smallest absolute Gasteiger partial charge is 0.337 e. The van der Waals surface area contributed by atoms with Crippen molar-refractivity contribution >= 4 is 16.9 Å². The number of para-hydroxylation sites is 1. The van der Waals surface area contributed by atoms with Crippen LogP contribution in [-0.2, 0) is 4.74 Å². The SMILES string of the molecule is COC(=O)c1cccc(Oc2ncnc3c(C)cccc23)c1. The average molecular weight is 294 g/mol. The fraction of sp³-hybridized carbons (Fsp3) is 0.118. The van der Waals surface area contributed by atoms with Crippen LogP contribution in [0.5, 0.6) is 11.6 Å². The number of aryl methyl sites for hydroxylation is 1. The molecule has 3 aromatic rings. The molecule has 0 saturated carbocycles. The average Bonchev–Trinajstić information content (AvgIpc) is 2.55. The molecule has 5 heteroatoms. The molecule has 0 aliphatic carbocycles. The summed E-state index contributed by atoms with van der Waals surface area (Å²) in [6.45, 7) is 1.98. The highest BCUT2D eigenvalue weighted by atomic mass is 16.5. The molecule has 0 bridgehead atoms. The van der Waals surface area contributed by atoms with E-state index in [9.17, 15) is 4.79 Å². The molecule has 0 N–H and O–H groups in total. The van der Waals surface area contributed by atoms with Crippen LogP contribution >= 0.6 is 0 Å². The number of rotatable bonds is 3. The minimum atomic E-state index is -0.408. The van der Waals surface area contributed by atoms with Crippen LogP contribution in [0.2, 0.25) is 0 Å². The number of hydrogen-bond acceptors (Lipinski definition) is 5. The summed E-state index contributed by atoms with van der Waals surface area (Å²) < 4.78 is 10.5. The maximum Gasteiger partial charge on any atom is 0.337 e. The monoisotopic (exact) mass is 294 g/mol. The second-order valence-electron chi connectivity index (χ2n) is 4.77. The number of esters is 1. The first-order valence-electron chi connectivity index (χ1n) is 6.75. The number of hydrogen-bond donors (Lipinski definition) is 0. The molecule has 5 nitrogen and oxygen atoms in total. The maximum absolute atomic E-state index is 11.6. The third kappa shape index (κ3) is 2.61. The van der Waals surface area contributed by atoms with E-state index >= 15 is 0 Å². The zero-order valence-corrected chi connectivity index (χ0v) is 12.2. The highest BCUT2D eigenvalue weighted by Crippen LogP contribution is 2.28. The topological polar surface area (TPSA) is 61.3 Å². The normalized spacial score (nSPS) is 10.5. The molecule has 0 aliphatic heterocycles. The van der Waals surface area contributed by atoms with Crippen molar-refractivity contribution in [2.24, 2.45) is 0 Å². The molecule has 2 aromatic carbocycles. The Morgan fingerprint density at radius 2 is 1.91 bits per heavy atom. The predicted octanol–water partition coefficient (Wildman–Crippen LogP) is 3.52. The molecular formula is C17H14N2O3. The number of carbonyl (C=O) groups excluding carboxylic acids is 1. The van der Waals surface area contributed by atoms with E-state index in [1.165, 1.54) is 13.4 Å². The summed E-state index contributed by atoms with van der Waals surface area (Å²) in [5.41, 5.74) is 2.32. The summed E-state index contributed by atoms with van der Waals surface area (Å²) in [5, 5.41) is 0.825. The van der Waals surface area contributed by atoms with Crippen LogP contribution in [0.15, 0.2) is 48.8 Å². The molecular weight excluding hydrogens is 280 g/mol. The first-order valence-corrected chi connectivity index (χ1v) is 6.75. The van der Waals surface area contributed by atoms with E-state index < -0.39 is 5.97 Å². The highest BCUT2D eigenvalue weighted by Gasteiger charge is 2.10. The number of fused-ring (bicyclic) bond motifs is 1. The molecule has 1 aromatic heterocycles. The number of ether oxygens (including phenoxy) is 2. The van der Waals surface area contributed by atoms with Crippen molar-refractivity contribution < 1.29 is 14.3 Å². The lowest BCUT2D eigenvalue weighted by Gasteiger charge is -2.09. The van der Waals surface area contributed by atoms with Crippen LogP contribution in [0.25, 0.3) is 10.9 Å². The van der Waals surface area contributed by atoms with Crippen molar-refractivity contribution in [1.29, 1.82) is 0 Å². The second kappa shape index (κ2) is 5.81. The van der Waals surface area contributed by atoms with Gasteiger partial charge in [0.05, 0.1) is 23.6 Å². The molecule has 0 aliphatic rings. The van der Waals surface area contributed by atoms with Gasteiger partial charge in [0.2, 0.25) is 5.88 Å². The lowest BCUT2D eigenvalue weighted by molar-refractivity contribution is 0.0600. The van der Waals surface area contributed by atoms with E-state index in [0.717, 1.165) is 16.5 Å². The lowest BCUT2D eigenvalue weighted by Crippen LogP contribution is -2.01. The van der Waals surface area contributed by atoms with Gasteiger partial charge in [-0.3, -0.25) is 0 Å². The van der Waals surface area contributed by atoms with Gasteiger partial charge in [-0.15, -0.1) is 0 Å². The van der Waals surface area contributed by atoms with Crippen LogP contribution in [-0.4, -0.2) is 23.0 Å². The number of nitrogens with zero attached hydrogens (tertiary/aromatic N) is 2. The van der Waals surface area contributed by atoms with Crippen molar-refractivity contribution in [3.8, 4) is 11.6 Å². The van der Waals surface area contributed by atoms with Crippen LogP contribution < -0.4 is 4.74 Å². The molecule has 0 radical (unpaired) electrons. The van der Waals surface area contributed by atoms with Gasteiger partial charge >= 0.3 is 5.97 Å². The van der Waals surface area contributed by atoms with E-state index in [-0.39, 0.29) is 0 Å². The van der Waals surface area contributed by atoms with E-state index in [1.807, 2.05) is 25.1 Å². The van der Waals surface area contributed by atoms with Crippen molar-refractivity contribution in [2.75, 3.05) is 7.11 Å². The molecule has 0 fully saturated rings. The summed E-state index contributed by atoms with van der Waals surface area (Å²) in [7, 11) is 1.34. The Labute approximate surface area is 127 Å². The third-order valence-corrected chi connectivity index (χ3v) is 3.30. The molecule has 3 rings (SSSR count). The van der Waals surface area contributed by atoms with Gasteiger partial charge in [0.1, 0.15) is 12.1 Å². The summed E-state index contributed by atoms with van der Waals surface area (Å²) in [6.07, 6.45) is 1.47. The first-order chi connectivity index (χ1) is 10.7. The number of carbonyl (C=O) groups is 1. The number of aromatic nitrogens is 2. The molecule has 22 heavy (non-hydrogen) atoms. The van der Waals surface area contributed by atoms with Gasteiger partial charge in [-0.1, -0.05) is 18.2 Å². The molecule has 0 saturated heterocycles. The van der Waals surface area contributed by atoms with Gasteiger partial charge in [0, 0.05) is 0 Å². The van der Waals surface area contributed by atoms with Gasteiger partial charge in [-0.2, -0.15) is 0 Å². The van der Waals surface area contributed by atoms with Crippen LogP contribution in [0.1, 0.15) is 15.9 Å². The summed E-state index contributed by atoms with van der Waals surface area (Å²) >= 11 is 0. The number of methoxy groups -OCH3 is 1. The Balaban J connectivity index is 2.00. The molecule has 0 unspecified atom stereocenters. The van der Waals surface area contributed by atoms with Crippen LogP contribution in [0.4, 0.5) is 0 Å². The van der Waals surface area contributed by atoms with E-state index in [4.69, 9.17) is 9.47 Å². The van der Waals surface area contributed by atoms with Crippen molar-refractivity contribution in [2.45, 2.75) is 6.92 Å². The van der Waals surface area contributed by atoms with Gasteiger partial charge < -0.3 is 9.47 Å². The van der Waals surface area contributed by atoms with E-state index in [2.05, 4.69) is 9.97 Å².